The summed E-state index contributed by atoms with van der Waals surface area (Å²) in [4.78, 5) is 0. The third-order valence-corrected chi connectivity index (χ3v) is 3.31. The molecule has 2 aromatic carbocycles. The minimum Gasteiger partial charge on any atom is -0.493 e. The Morgan fingerprint density at radius 2 is 2.00 bits per heavy atom. The van der Waals surface area contributed by atoms with E-state index in [1.807, 2.05) is 43.3 Å². The molecule has 0 aliphatic rings. The summed E-state index contributed by atoms with van der Waals surface area (Å²) in [6, 6.07) is 16.1. The summed E-state index contributed by atoms with van der Waals surface area (Å²) in [5.74, 6) is 0.849. The molecule has 20 heavy (non-hydrogen) atoms. The first kappa shape index (κ1) is 14.6. The molecule has 0 heterocycles. The molecule has 3 nitrogen and oxygen atoms in total. The molecule has 0 bridgehead atoms. The fourth-order valence-electron chi connectivity index (χ4n) is 1.72. The molecule has 1 N–H and O–H groups in total. The Bertz CT molecular complexity index is 570. The molecular formula is C16H17BrN2O. The van der Waals surface area contributed by atoms with E-state index in [1.54, 1.807) is 6.21 Å². The Kier molecular flexibility index (Phi) is 5.62. The number of hydrazone groups is 1. The van der Waals surface area contributed by atoms with E-state index in [4.69, 9.17) is 4.74 Å². The summed E-state index contributed by atoms with van der Waals surface area (Å²) in [5.41, 5.74) is 5.25. The van der Waals surface area contributed by atoms with Crippen molar-refractivity contribution >= 4 is 22.1 Å². The third kappa shape index (κ3) is 4.38. The zero-order valence-corrected chi connectivity index (χ0v) is 12.9. The predicted molar refractivity (Wildman–Crippen MR) is 86.2 cm³/mol. The molecule has 0 unspecified atom stereocenters. The third-order valence-electron chi connectivity index (χ3n) is 2.69. The molecule has 4 heteroatoms. The first-order valence-corrected chi connectivity index (χ1v) is 7.31. The van der Waals surface area contributed by atoms with Crippen molar-refractivity contribution < 1.29 is 4.74 Å². The summed E-state index contributed by atoms with van der Waals surface area (Å²) >= 11 is 3.49. The molecule has 0 saturated heterocycles. The number of nitrogens with one attached hydrogen (secondary N) is 1. The molecule has 2 rings (SSSR count). The highest BCUT2D eigenvalue weighted by atomic mass is 79.9. The number of hydrogen-bond acceptors (Lipinski definition) is 3. The van der Waals surface area contributed by atoms with Crippen LogP contribution in [0.15, 0.2) is 58.1 Å². The second-order valence-electron chi connectivity index (χ2n) is 4.20. The van der Waals surface area contributed by atoms with Gasteiger partial charge in [0.15, 0.2) is 0 Å². The van der Waals surface area contributed by atoms with Gasteiger partial charge in [0.25, 0.3) is 0 Å². The van der Waals surface area contributed by atoms with Gasteiger partial charge in [-0.25, -0.2) is 0 Å². The Balaban J connectivity index is 1.90. The van der Waals surface area contributed by atoms with Crippen LogP contribution in [-0.2, 0) is 6.54 Å². The van der Waals surface area contributed by atoms with Gasteiger partial charge in [-0.3, -0.25) is 0 Å². The lowest BCUT2D eigenvalue weighted by Gasteiger charge is -2.06. The van der Waals surface area contributed by atoms with Crippen molar-refractivity contribution in [2.24, 2.45) is 5.10 Å². The van der Waals surface area contributed by atoms with Gasteiger partial charge in [-0.15, -0.1) is 0 Å². The van der Waals surface area contributed by atoms with Crippen molar-refractivity contribution in [3.05, 3.63) is 64.1 Å². The molecular weight excluding hydrogens is 316 g/mol. The lowest BCUT2D eigenvalue weighted by Crippen LogP contribution is -2.05. The first-order chi connectivity index (χ1) is 9.79. The number of ether oxygens (including phenoxy) is 1. The highest BCUT2D eigenvalue weighted by Crippen LogP contribution is 2.25. The second-order valence-corrected chi connectivity index (χ2v) is 5.06. The quantitative estimate of drug-likeness (QED) is 0.641. The number of nitrogens with zero attached hydrogens (tertiary/aromatic N) is 1. The van der Waals surface area contributed by atoms with Crippen LogP contribution in [0.4, 0.5) is 0 Å². The van der Waals surface area contributed by atoms with E-state index in [2.05, 4.69) is 38.6 Å². The smallest absolute Gasteiger partial charge is 0.133 e. The molecule has 2 aromatic rings. The van der Waals surface area contributed by atoms with Gasteiger partial charge in [0.1, 0.15) is 5.75 Å². The van der Waals surface area contributed by atoms with Crippen LogP contribution >= 0.6 is 15.9 Å². The van der Waals surface area contributed by atoms with Crippen molar-refractivity contribution in [3.8, 4) is 5.75 Å². The standard InChI is InChI=1S/C16H17BrN2O/c1-2-20-16-9-8-14(10-15(16)17)12-19-18-11-13-6-4-3-5-7-13/h3-10,12,18H,2,11H2,1H3. The molecule has 0 aliphatic heterocycles. The van der Waals surface area contributed by atoms with Crippen molar-refractivity contribution in [1.29, 1.82) is 0 Å². The molecule has 0 saturated carbocycles. The summed E-state index contributed by atoms with van der Waals surface area (Å²) in [6.07, 6.45) is 1.80. The Labute approximate surface area is 127 Å². The summed E-state index contributed by atoms with van der Waals surface area (Å²) in [7, 11) is 0. The Morgan fingerprint density at radius 1 is 1.20 bits per heavy atom. The zero-order valence-electron chi connectivity index (χ0n) is 11.3. The molecule has 0 spiro atoms. The number of benzene rings is 2. The maximum absolute atomic E-state index is 5.47. The van der Waals surface area contributed by atoms with E-state index in [9.17, 15) is 0 Å². The lowest BCUT2D eigenvalue weighted by molar-refractivity contribution is 0.338. The van der Waals surface area contributed by atoms with E-state index >= 15 is 0 Å². The normalized spacial score (nSPS) is 10.7. The first-order valence-electron chi connectivity index (χ1n) is 6.52. The van der Waals surface area contributed by atoms with Crippen molar-refractivity contribution in [1.82, 2.24) is 5.43 Å². The largest absolute Gasteiger partial charge is 0.493 e. The van der Waals surface area contributed by atoms with Crippen molar-refractivity contribution in [2.45, 2.75) is 13.5 Å². The van der Waals surface area contributed by atoms with Gasteiger partial charge in [-0.1, -0.05) is 30.3 Å². The maximum Gasteiger partial charge on any atom is 0.133 e. The number of halogens is 1. The average molecular weight is 333 g/mol. The SMILES string of the molecule is CCOc1ccc(C=NNCc2ccccc2)cc1Br. The molecule has 0 atom stereocenters. The maximum atomic E-state index is 5.47. The number of hydrogen-bond donors (Lipinski definition) is 1. The van der Waals surface area contributed by atoms with Gasteiger partial charge in [0, 0.05) is 0 Å². The van der Waals surface area contributed by atoms with Crippen LogP contribution in [-0.4, -0.2) is 12.8 Å². The van der Waals surface area contributed by atoms with Crippen LogP contribution in [0.1, 0.15) is 18.1 Å². The highest BCUT2D eigenvalue weighted by Gasteiger charge is 2.00. The molecule has 0 amide bonds. The fourth-order valence-corrected chi connectivity index (χ4v) is 2.23. The van der Waals surface area contributed by atoms with Crippen molar-refractivity contribution in [3.63, 3.8) is 0 Å². The molecule has 0 fully saturated rings. The van der Waals surface area contributed by atoms with E-state index in [0.29, 0.717) is 6.61 Å². The van der Waals surface area contributed by atoms with Crippen LogP contribution in [0.5, 0.6) is 5.75 Å². The van der Waals surface area contributed by atoms with Crippen LogP contribution in [0.2, 0.25) is 0 Å². The summed E-state index contributed by atoms with van der Waals surface area (Å²) < 4.78 is 6.40. The fraction of sp³-hybridized carbons (Fsp3) is 0.188. The van der Waals surface area contributed by atoms with E-state index in [0.717, 1.165) is 22.3 Å². The van der Waals surface area contributed by atoms with Gasteiger partial charge in [-0.2, -0.15) is 5.10 Å². The highest BCUT2D eigenvalue weighted by molar-refractivity contribution is 9.10. The minimum absolute atomic E-state index is 0.657. The van der Waals surface area contributed by atoms with Crippen LogP contribution in [0.25, 0.3) is 0 Å². The minimum atomic E-state index is 0.657. The second kappa shape index (κ2) is 7.70. The van der Waals surface area contributed by atoms with E-state index in [-0.39, 0.29) is 0 Å². The monoisotopic (exact) mass is 332 g/mol. The van der Waals surface area contributed by atoms with Gasteiger partial charge < -0.3 is 10.2 Å². The number of rotatable bonds is 6. The van der Waals surface area contributed by atoms with Crippen LogP contribution < -0.4 is 10.2 Å². The van der Waals surface area contributed by atoms with Gasteiger partial charge in [0.05, 0.1) is 23.8 Å². The predicted octanol–water partition coefficient (Wildman–Crippen LogP) is 3.97. The molecule has 0 radical (unpaired) electrons. The van der Waals surface area contributed by atoms with E-state index < -0.39 is 0 Å². The van der Waals surface area contributed by atoms with Crippen LogP contribution in [0.3, 0.4) is 0 Å². The zero-order chi connectivity index (χ0) is 14.2. The van der Waals surface area contributed by atoms with E-state index in [1.165, 1.54) is 5.56 Å². The Morgan fingerprint density at radius 3 is 2.70 bits per heavy atom. The molecule has 0 aliphatic carbocycles. The van der Waals surface area contributed by atoms with Gasteiger partial charge in [0.2, 0.25) is 0 Å². The average Bonchev–Trinajstić information content (AvgIpc) is 2.48. The summed E-state index contributed by atoms with van der Waals surface area (Å²) in [5, 5.41) is 4.22. The topological polar surface area (TPSA) is 33.6 Å². The lowest BCUT2D eigenvalue weighted by atomic mass is 10.2. The van der Waals surface area contributed by atoms with Crippen molar-refractivity contribution in [2.75, 3.05) is 6.61 Å². The molecule has 0 aromatic heterocycles. The van der Waals surface area contributed by atoms with Gasteiger partial charge in [-0.05, 0) is 52.2 Å². The molecule has 104 valence electrons. The van der Waals surface area contributed by atoms with Crippen LogP contribution in [0, 0.1) is 0 Å². The Hall–Kier alpha value is -1.81. The van der Waals surface area contributed by atoms with Gasteiger partial charge >= 0.3 is 0 Å². The summed E-state index contributed by atoms with van der Waals surface area (Å²) in [6.45, 7) is 3.34.